The molecule has 4 nitrogen and oxygen atoms in total. The molecule has 17 heavy (non-hydrogen) atoms. The van der Waals surface area contributed by atoms with Crippen molar-refractivity contribution in [1.29, 1.82) is 0 Å². The number of anilines is 1. The molecule has 1 saturated heterocycles. The maximum Gasteiger partial charge on any atom is 0.235 e. The number of hydrogen-bond donors (Lipinski definition) is 1. The monoisotopic (exact) mass is 254 g/mol. The van der Waals surface area contributed by atoms with Gasteiger partial charge in [0, 0.05) is 12.6 Å². The Morgan fingerprint density at radius 3 is 2.65 bits per heavy atom. The van der Waals surface area contributed by atoms with E-state index in [4.69, 9.17) is 0 Å². The fourth-order valence-corrected chi connectivity index (χ4v) is 3.73. The molecule has 0 amide bonds. The third kappa shape index (κ3) is 2.30. The Hall–Kier alpha value is -1.07. The second-order valence-electron chi connectivity index (χ2n) is 4.31. The quantitative estimate of drug-likeness (QED) is 0.889. The highest BCUT2D eigenvalue weighted by Gasteiger charge is 2.30. The smallest absolute Gasteiger partial charge is 0.235 e. The molecule has 5 heteroatoms. The normalized spacial score (nSPS) is 20.5. The first-order chi connectivity index (χ1) is 8.06. The number of rotatable bonds is 3. The van der Waals surface area contributed by atoms with Gasteiger partial charge in [-0.05, 0) is 32.0 Å². The van der Waals surface area contributed by atoms with Crippen LogP contribution in [0.3, 0.4) is 0 Å². The van der Waals surface area contributed by atoms with Gasteiger partial charge in [-0.3, -0.25) is 4.31 Å². The molecule has 1 aliphatic rings. The van der Waals surface area contributed by atoms with E-state index in [1.54, 1.807) is 0 Å². The lowest BCUT2D eigenvalue weighted by Crippen LogP contribution is -2.27. The standard InChI is InChI=1S/C12H18N2O2S/c1-10(13-2)11-6-3-4-7-12(11)14-8-5-9-17(14,15)16/h3-4,6-7,10,13H,5,8-9H2,1-2H3/t10-/m1/s1. The molecule has 1 aliphatic heterocycles. The molecule has 1 aromatic rings. The second kappa shape index (κ2) is 4.66. The van der Waals surface area contributed by atoms with Gasteiger partial charge in [0.15, 0.2) is 0 Å². The SMILES string of the molecule is CN[C@H](C)c1ccccc1N1CCCS1(=O)=O. The fourth-order valence-electron chi connectivity index (χ4n) is 2.15. The van der Waals surface area contributed by atoms with E-state index in [2.05, 4.69) is 5.32 Å². The van der Waals surface area contributed by atoms with Crippen molar-refractivity contribution in [3.05, 3.63) is 29.8 Å². The first-order valence-electron chi connectivity index (χ1n) is 5.83. The molecule has 0 spiro atoms. The van der Waals surface area contributed by atoms with Crippen LogP contribution >= 0.6 is 0 Å². The Morgan fingerprint density at radius 2 is 2.06 bits per heavy atom. The number of nitrogens with one attached hydrogen (secondary N) is 1. The van der Waals surface area contributed by atoms with E-state index in [0.717, 1.165) is 11.3 Å². The van der Waals surface area contributed by atoms with Crippen LogP contribution < -0.4 is 9.62 Å². The molecule has 0 unspecified atom stereocenters. The van der Waals surface area contributed by atoms with Crippen LogP contribution in [0.4, 0.5) is 5.69 Å². The van der Waals surface area contributed by atoms with Crippen LogP contribution in [-0.2, 0) is 10.0 Å². The predicted molar refractivity (Wildman–Crippen MR) is 69.7 cm³/mol. The van der Waals surface area contributed by atoms with Gasteiger partial charge in [-0.1, -0.05) is 18.2 Å². The fraction of sp³-hybridized carbons (Fsp3) is 0.500. The summed E-state index contributed by atoms with van der Waals surface area (Å²) >= 11 is 0. The number of hydrogen-bond acceptors (Lipinski definition) is 3. The van der Waals surface area contributed by atoms with Crippen LogP contribution in [0.25, 0.3) is 0 Å². The molecule has 0 bridgehead atoms. The summed E-state index contributed by atoms with van der Waals surface area (Å²) in [6.45, 7) is 2.62. The lowest BCUT2D eigenvalue weighted by molar-refractivity contribution is 0.598. The molecule has 0 aliphatic carbocycles. The molecule has 1 heterocycles. The number of sulfonamides is 1. The molecule has 1 fully saturated rings. The Balaban J connectivity index is 2.45. The summed E-state index contributed by atoms with van der Waals surface area (Å²) in [6, 6.07) is 7.82. The van der Waals surface area contributed by atoms with Gasteiger partial charge in [0.2, 0.25) is 10.0 Å². The van der Waals surface area contributed by atoms with Gasteiger partial charge in [-0.25, -0.2) is 8.42 Å². The lowest BCUT2D eigenvalue weighted by Gasteiger charge is -2.23. The Bertz CT molecular complexity index is 499. The zero-order valence-corrected chi connectivity index (χ0v) is 11.0. The zero-order chi connectivity index (χ0) is 12.5. The van der Waals surface area contributed by atoms with Crippen molar-refractivity contribution < 1.29 is 8.42 Å². The van der Waals surface area contributed by atoms with Crippen molar-refractivity contribution in [3.8, 4) is 0 Å². The van der Waals surface area contributed by atoms with E-state index >= 15 is 0 Å². The van der Waals surface area contributed by atoms with E-state index < -0.39 is 10.0 Å². The van der Waals surface area contributed by atoms with Crippen molar-refractivity contribution >= 4 is 15.7 Å². The van der Waals surface area contributed by atoms with Crippen molar-refractivity contribution in [3.63, 3.8) is 0 Å². The molecular formula is C12H18N2O2S. The highest BCUT2D eigenvalue weighted by Crippen LogP contribution is 2.30. The van der Waals surface area contributed by atoms with Crippen LogP contribution in [0, 0.1) is 0 Å². The van der Waals surface area contributed by atoms with E-state index in [1.807, 2.05) is 38.2 Å². The van der Waals surface area contributed by atoms with Gasteiger partial charge >= 0.3 is 0 Å². The average Bonchev–Trinajstić information content (AvgIpc) is 2.68. The Kier molecular flexibility index (Phi) is 3.40. The van der Waals surface area contributed by atoms with Crippen molar-refractivity contribution in [2.75, 3.05) is 23.7 Å². The van der Waals surface area contributed by atoms with Crippen molar-refractivity contribution in [2.24, 2.45) is 0 Å². The van der Waals surface area contributed by atoms with Crippen LogP contribution in [-0.4, -0.2) is 27.8 Å². The molecule has 0 aromatic heterocycles. The van der Waals surface area contributed by atoms with Crippen LogP contribution in [0.5, 0.6) is 0 Å². The second-order valence-corrected chi connectivity index (χ2v) is 6.32. The minimum absolute atomic E-state index is 0.141. The van der Waals surface area contributed by atoms with E-state index in [0.29, 0.717) is 13.0 Å². The summed E-state index contributed by atoms with van der Waals surface area (Å²) in [5.41, 5.74) is 1.84. The van der Waals surface area contributed by atoms with Gasteiger partial charge in [-0.2, -0.15) is 0 Å². The van der Waals surface area contributed by atoms with Crippen LogP contribution in [0.2, 0.25) is 0 Å². The minimum Gasteiger partial charge on any atom is -0.313 e. The molecular weight excluding hydrogens is 236 g/mol. The van der Waals surface area contributed by atoms with E-state index in [1.165, 1.54) is 4.31 Å². The van der Waals surface area contributed by atoms with E-state index in [9.17, 15) is 8.42 Å². The molecule has 1 atom stereocenters. The Morgan fingerprint density at radius 1 is 1.35 bits per heavy atom. The number of benzene rings is 1. The highest BCUT2D eigenvalue weighted by molar-refractivity contribution is 7.93. The third-order valence-electron chi connectivity index (χ3n) is 3.20. The number of nitrogens with zero attached hydrogens (tertiary/aromatic N) is 1. The van der Waals surface area contributed by atoms with Crippen molar-refractivity contribution in [1.82, 2.24) is 5.32 Å². The minimum atomic E-state index is -3.10. The summed E-state index contributed by atoms with van der Waals surface area (Å²) in [5, 5.41) is 3.15. The molecule has 0 saturated carbocycles. The third-order valence-corrected chi connectivity index (χ3v) is 5.06. The first kappa shape index (κ1) is 12.4. The molecule has 94 valence electrons. The molecule has 1 N–H and O–H groups in total. The maximum absolute atomic E-state index is 11.9. The summed E-state index contributed by atoms with van der Waals surface area (Å²) in [6.07, 6.45) is 0.713. The summed E-state index contributed by atoms with van der Waals surface area (Å²) in [5.74, 6) is 0.259. The van der Waals surface area contributed by atoms with Gasteiger partial charge in [0.05, 0.1) is 11.4 Å². The van der Waals surface area contributed by atoms with Crippen LogP contribution in [0.15, 0.2) is 24.3 Å². The molecule has 2 rings (SSSR count). The van der Waals surface area contributed by atoms with Crippen LogP contribution in [0.1, 0.15) is 24.9 Å². The highest BCUT2D eigenvalue weighted by atomic mass is 32.2. The maximum atomic E-state index is 11.9. The van der Waals surface area contributed by atoms with Gasteiger partial charge in [-0.15, -0.1) is 0 Å². The predicted octanol–water partition coefficient (Wildman–Crippen LogP) is 1.51. The van der Waals surface area contributed by atoms with Crippen molar-refractivity contribution in [2.45, 2.75) is 19.4 Å². The summed E-state index contributed by atoms with van der Waals surface area (Å²) in [7, 11) is -1.22. The van der Waals surface area contributed by atoms with E-state index in [-0.39, 0.29) is 11.8 Å². The van der Waals surface area contributed by atoms with Gasteiger partial charge in [0.25, 0.3) is 0 Å². The lowest BCUT2D eigenvalue weighted by atomic mass is 10.1. The Labute approximate surface area is 103 Å². The molecule has 0 radical (unpaired) electrons. The summed E-state index contributed by atoms with van der Waals surface area (Å²) in [4.78, 5) is 0. The topological polar surface area (TPSA) is 49.4 Å². The molecule has 1 aromatic carbocycles. The largest absolute Gasteiger partial charge is 0.313 e. The van der Waals surface area contributed by atoms with Gasteiger partial charge < -0.3 is 5.32 Å². The van der Waals surface area contributed by atoms with Gasteiger partial charge in [0.1, 0.15) is 0 Å². The number of para-hydroxylation sites is 1. The first-order valence-corrected chi connectivity index (χ1v) is 7.44. The summed E-state index contributed by atoms with van der Waals surface area (Å²) < 4.78 is 25.4. The average molecular weight is 254 g/mol. The zero-order valence-electron chi connectivity index (χ0n) is 10.2.